The van der Waals surface area contributed by atoms with Crippen LogP contribution in [0.2, 0.25) is 0 Å². The molecule has 19 nitrogen and oxygen atoms in total. The summed E-state index contributed by atoms with van der Waals surface area (Å²) in [6.45, 7) is 20.2. The second-order valence-corrected chi connectivity index (χ2v) is 31.1. The summed E-state index contributed by atoms with van der Waals surface area (Å²) in [4.78, 5) is 71.3. The fourth-order valence-electron chi connectivity index (χ4n) is 14.8. The lowest BCUT2D eigenvalue weighted by atomic mass is 9.78. The zero-order chi connectivity index (χ0) is 89.9. The number of aryl methyl sites for hydroxylation is 10. The zero-order valence-electron chi connectivity index (χ0n) is 72.5. The Balaban J connectivity index is 0.000000252. The van der Waals surface area contributed by atoms with Gasteiger partial charge in [0.25, 0.3) is 0 Å². The van der Waals surface area contributed by atoms with Gasteiger partial charge in [-0.3, -0.25) is 9.59 Å². The zero-order valence-corrected chi connectivity index (χ0v) is 72.5. The Morgan fingerprint density at radius 1 is 0.256 bits per heavy atom. The van der Waals surface area contributed by atoms with Gasteiger partial charge in [0.05, 0.1) is 61.8 Å². The number of phenols is 5. The number of methoxy groups -OCH3 is 4. The van der Waals surface area contributed by atoms with Gasteiger partial charge in [-0.2, -0.15) is 0 Å². The molecular weight excluding hydrogens is 1580 g/mol. The number of aldehydes is 2. The van der Waals surface area contributed by atoms with Gasteiger partial charge in [-0.05, 0) is 320 Å². The molecule has 19 heteroatoms. The van der Waals surface area contributed by atoms with Gasteiger partial charge >= 0.3 is 23.9 Å². The maximum absolute atomic E-state index is 12.3. The van der Waals surface area contributed by atoms with Crippen molar-refractivity contribution in [3.05, 3.63) is 403 Å². The van der Waals surface area contributed by atoms with E-state index in [0.29, 0.717) is 75.0 Å². The van der Waals surface area contributed by atoms with Crippen molar-refractivity contribution in [1.29, 1.82) is 0 Å². The number of phenolic OH excluding ortho intramolecular Hbond substituents is 5. The minimum absolute atomic E-state index is 0.197. The first-order valence-electron chi connectivity index (χ1n) is 40.6. The second kappa shape index (κ2) is 41.7. The molecule has 0 atom stereocenters. The molecule has 125 heavy (non-hydrogen) atoms. The molecule has 0 fully saturated rings. The first-order chi connectivity index (χ1) is 60.0. The van der Waals surface area contributed by atoms with E-state index in [9.17, 15) is 49.2 Å². The molecule has 0 spiro atoms. The average Bonchev–Trinajstić information content (AvgIpc) is 0.764. The van der Waals surface area contributed by atoms with E-state index >= 15 is 0 Å². The SMILES string of the molecule is COC(=O)c1ccc(COc2ccc(Cc3ccc(OCc4ccc(C(=O)OC)cc4)c(C(c4cc(C)c(O)cc4C)c4cc(C)c(O)cc4C)c3)cc2C(c2cc(C)c(O)cc2C)c2cc(C)c(O)cc2C)cc1.COC(=O)c1ccc(COc2ccc(Cc3ccc(OCc4ccc(C(=O)OC)cc4)c(C=O)c3)cc2C=O)cc1.Cc1ccc(C)c(O)c1. The van der Waals surface area contributed by atoms with Crippen LogP contribution in [-0.4, -0.2) is 90.4 Å². The highest BCUT2D eigenvalue weighted by Gasteiger charge is 2.30. The topological polar surface area (TPSA) is 277 Å². The van der Waals surface area contributed by atoms with Crippen LogP contribution in [0.1, 0.15) is 208 Å². The Morgan fingerprint density at radius 3 is 0.744 bits per heavy atom. The summed E-state index contributed by atoms with van der Waals surface area (Å²) in [6, 6.07) is 72.1. The molecule has 0 amide bonds. The fourth-order valence-corrected chi connectivity index (χ4v) is 14.8. The number of hydrogen-bond acceptors (Lipinski definition) is 19. The number of rotatable bonds is 28. The number of carbonyl (C=O) groups is 6. The average molecular weight is 1680 g/mol. The van der Waals surface area contributed by atoms with Crippen LogP contribution >= 0.6 is 0 Å². The predicted molar refractivity (Wildman–Crippen MR) is 480 cm³/mol. The molecule has 13 aromatic rings. The van der Waals surface area contributed by atoms with E-state index in [-0.39, 0.29) is 49.4 Å². The molecule has 640 valence electrons. The van der Waals surface area contributed by atoms with Gasteiger partial charge < -0.3 is 63.4 Å². The molecule has 0 unspecified atom stereocenters. The van der Waals surface area contributed by atoms with E-state index in [2.05, 4.69) is 24.3 Å². The van der Waals surface area contributed by atoms with Crippen LogP contribution < -0.4 is 18.9 Å². The molecule has 13 rings (SSSR count). The van der Waals surface area contributed by atoms with Gasteiger partial charge in [-0.1, -0.05) is 121 Å². The third kappa shape index (κ3) is 22.9. The predicted octanol–water partition coefficient (Wildman–Crippen LogP) is 21.3. The van der Waals surface area contributed by atoms with Gasteiger partial charge in [-0.25, -0.2) is 19.2 Å². The largest absolute Gasteiger partial charge is 0.508 e. The summed E-state index contributed by atoms with van der Waals surface area (Å²) in [5, 5.41) is 52.8. The lowest BCUT2D eigenvalue weighted by Crippen LogP contribution is -2.12. The van der Waals surface area contributed by atoms with E-state index in [1.807, 2.05) is 154 Å². The minimum Gasteiger partial charge on any atom is -0.508 e. The first-order valence-corrected chi connectivity index (χ1v) is 40.6. The quantitative estimate of drug-likeness (QED) is 0.0132. The van der Waals surface area contributed by atoms with Crippen molar-refractivity contribution in [2.45, 2.75) is 120 Å². The molecule has 0 heterocycles. The maximum Gasteiger partial charge on any atom is 0.337 e. The Hall–Kier alpha value is -14.7. The third-order valence-electron chi connectivity index (χ3n) is 22.0. The third-order valence-corrected chi connectivity index (χ3v) is 22.0. The number of carbonyl (C=O) groups excluding carboxylic acids is 6. The number of ether oxygens (including phenoxy) is 8. The monoisotopic (exact) mass is 1680 g/mol. The van der Waals surface area contributed by atoms with Crippen molar-refractivity contribution in [2.24, 2.45) is 0 Å². The van der Waals surface area contributed by atoms with Crippen molar-refractivity contribution < 1.29 is 92.2 Å². The number of benzene rings is 13. The van der Waals surface area contributed by atoms with Gasteiger partial charge in [-0.15, -0.1) is 0 Å². The molecule has 0 aromatic heterocycles. The van der Waals surface area contributed by atoms with Crippen LogP contribution in [0.25, 0.3) is 0 Å². The van der Waals surface area contributed by atoms with E-state index < -0.39 is 35.7 Å². The van der Waals surface area contributed by atoms with Gasteiger partial charge in [0, 0.05) is 23.0 Å². The molecule has 5 N–H and O–H groups in total. The normalized spacial score (nSPS) is 10.8. The molecule has 0 saturated carbocycles. The maximum atomic E-state index is 12.3. The molecule has 0 aliphatic rings. The van der Waals surface area contributed by atoms with Crippen LogP contribution in [0.4, 0.5) is 0 Å². The van der Waals surface area contributed by atoms with E-state index in [4.69, 9.17) is 43.0 Å². The molecule has 13 aromatic carbocycles. The molecule has 0 aliphatic heterocycles. The van der Waals surface area contributed by atoms with Crippen molar-refractivity contribution in [2.75, 3.05) is 28.4 Å². The Bertz CT molecular complexity index is 5640. The lowest BCUT2D eigenvalue weighted by molar-refractivity contribution is 0.0592. The first kappa shape index (κ1) is 91.0. The van der Waals surface area contributed by atoms with E-state index in [1.165, 1.54) is 28.4 Å². The van der Waals surface area contributed by atoms with Crippen LogP contribution in [0, 0.1) is 69.2 Å². The van der Waals surface area contributed by atoms with Gasteiger partial charge in [0.15, 0.2) is 12.6 Å². The minimum atomic E-state index is -0.424. The Morgan fingerprint density at radius 2 is 0.496 bits per heavy atom. The molecule has 0 saturated heterocycles. The molecule has 0 radical (unpaired) electrons. The number of aromatic hydroxyl groups is 5. The summed E-state index contributed by atoms with van der Waals surface area (Å²) in [5.74, 6) is 0.844. The van der Waals surface area contributed by atoms with Crippen molar-refractivity contribution in [3.8, 4) is 51.7 Å². The highest BCUT2D eigenvalue weighted by atomic mass is 16.5. The lowest BCUT2D eigenvalue weighted by Gasteiger charge is -2.27. The molecule has 0 aliphatic carbocycles. The van der Waals surface area contributed by atoms with Crippen LogP contribution in [-0.2, 0) is 58.2 Å². The highest BCUT2D eigenvalue weighted by molar-refractivity contribution is 5.91. The van der Waals surface area contributed by atoms with Crippen LogP contribution in [0.3, 0.4) is 0 Å². The van der Waals surface area contributed by atoms with Crippen molar-refractivity contribution in [1.82, 2.24) is 0 Å². The summed E-state index contributed by atoms with van der Waals surface area (Å²) in [5.41, 5.74) is 23.7. The number of hydrogen-bond donors (Lipinski definition) is 5. The van der Waals surface area contributed by atoms with Gasteiger partial charge in [0.1, 0.15) is 78.2 Å². The van der Waals surface area contributed by atoms with E-state index in [0.717, 1.165) is 146 Å². The second-order valence-electron chi connectivity index (χ2n) is 31.1. The smallest absolute Gasteiger partial charge is 0.337 e. The van der Waals surface area contributed by atoms with Gasteiger partial charge in [0.2, 0.25) is 0 Å². The summed E-state index contributed by atoms with van der Waals surface area (Å²) >= 11 is 0. The van der Waals surface area contributed by atoms with Crippen LogP contribution in [0.15, 0.2) is 237 Å². The number of esters is 4. The standard InChI is InChI=1S/C65H64O10.C33H28O8.C8H10O/c1-36-27-56(66)40(5)23-50(36)62(51-24-41(6)57(67)28-37(51)2)54-32-46(15-21-60(54)74-34-44-11-17-48(18-12-44)64(70)72-9)31-47-16-22-61(75-35-45-13-19-49(20-14-45)65(71)73-10)55(33-47)63(52-25-42(7)58(68)29-38(52)3)53-26-43(8)59(69)30-39(53)4;1-38-32(36)26-9-3-22(4-10-26)20-40-30-13-7-24(16-28(30)18-34)15-25-8-14-31(29(17-25)19-35)41-21-23-5-11-27(12-6-23)33(37)39-2;1-6-3-4-7(2)8(9)5-6/h11-30,32-33,62-63,66-69H,31,34-35H2,1-10H3;3-14,16-19H,15,20-21H2,1-2H3;3-5,9H,1-2H3. The molecular formula is C106H102O19. The Kier molecular flexibility index (Phi) is 30.4. The summed E-state index contributed by atoms with van der Waals surface area (Å²) in [6.07, 6.45) is 2.47. The highest BCUT2D eigenvalue weighted by Crippen LogP contribution is 2.47. The van der Waals surface area contributed by atoms with Crippen molar-refractivity contribution >= 4 is 36.4 Å². The summed E-state index contributed by atoms with van der Waals surface area (Å²) < 4.78 is 44.5. The van der Waals surface area contributed by atoms with Crippen molar-refractivity contribution in [3.63, 3.8) is 0 Å². The fraction of sp³-hybridized carbons (Fsp3) is 0.208. The van der Waals surface area contributed by atoms with Crippen LogP contribution in [0.5, 0.6) is 51.7 Å². The van der Waals surface area contributed by atoms with E-state index in [1.54, 1.807) is 127 Å². The Labute approximate surface area is 728 Å². The molecule has 0 bridgehead atoms. The summed E-state index contributed by atoms with van der Waals surface area (Å²) in [7, 11) is 5.36.